The number of rotatable bonds is 3. The summed E-state index contributed by atoms with van der Waals surface area (Å²) in [4.78, 5) is 11.3. The molecule has 2 heteroatoms. The molecule has 0 aliphatic rings. The largest absolute Gasteiger partial charge is 0.384 e. The van der Waals surface area contributed by atoms with E-state index < -0.39 is 6.10 Å². The van der Waals surface area contributed by atoms with E-state index in [1.54, 1.807) is 18.2 Å². The molecule has 17 heavy (non-hydrogen) atoms. The summed E-state index contributed by atoms with van der Waals surface area (Å²) in [6.07, 6.45) is -0.685. The van der Waals surface area contributed by atoms with Crippen molar-refractivity contribution in [3.05, 3.63) is 71.3 Å². The highest BCUT2D eigenvalue weighted by Gasteiger charge is 2.11. The molecule has 1 N–H and O–H groups in total. The maximum absolute atomic E-state index is 11.3. The van der Waals surface area contributed by atoms with Crippen molar-refractivity contribution in [2.45, 2.75) is 13.0 Å². The summed E-state index contributed by atoms with van der Waals surface area (Å²) in [5.41, 5.74) is 2.19. The van der Waals surface area contributed by atoms with Crippen molar-refractivity contribution in [2.24, 2.45) is 0 Å². The quantitative estimate of drug-likeness (QED) is 0.817. The van der Waals surface area contributed by atoms with Crippen molar-refractivity contribution >= 4 is 5.78 Å². The first-order chi connectivity index (χ1) is 8.18. The average Bonchev–Trinajstić information content (AvgIpc) is 2.39. The second-order valence-corrected chi connectivity index (χ2v) is 3.99. The van der Waals surface area contributed by atoms with Gasteiger partial charge in [0.2, 0.25) is 0 Å². The molecule has 0 aliphatic heterocycles. The lowest BCUT2D eigenvalue weighted by molar-refractivity contribution is 0.101. The first-order valence-electron chi connectivity index (χ1n) is 5.52. The standard InChI is InChI=1S/C15H14O2/c1-11(16)13-8-5-9-14(10-13)15(17)12-6-3-2-4-7-12/h2-10,15,17H,1H3. The fraction of sp³-hybridized carbons (Fsp3) is 0.133. The van der Waals surface area contributed by atoms with Crippen LogP contribution in [0.4, 0.5) is 0 Å². The summed E-state index contributed by atoms with van der Waals surface area (Å²) in [7, 11) is 0. The fourth-order valence-corrected chi connectivity index (χ4v) is 1.76. The van der Waals surface area contributed by atoms with Crippen LogP contribution in [0, 0.1) is 0 Å². The normalized spacial score (nSPS) is 12.1. The van der Waals surface area contributed by atoms with Gasteiger partial charge in [-0.1, -0.05) is 48.5 Å². The van der Waals surface area contributed by atoms with Gasteiger partial charge < -0.3 is 5.11 Å². The third-order valence-electron chi connectivity index (χ3n) is 2.72. The maximum atomic E-state index is 11.3. The van der Waals surface area contributed by atoms with Crippen LogP contribution in [0.3, 0.4) is 0 Å². The van der Waals surface area contributed by atoms with Gasteiger partial charge in [-0.3, -0.25) is 4.79 Å². The minimum atomic E-state index is -0.685. The Bertz CT molecular complexity index is 517. The molecule has 2 rings (SSSR count). The molecule has 0 aliphatic carbocycles. The summed E-state index contributed by atoms with van der Waals surface area (Å²) in [5, 5.41) is 10.2. The van der Waals surface area contributed by atoms with Crippen LogP contribution in [-0.4, -0.2) is 10.9 Å². The molecule has 0 heterocycles. The zero-order valence-electron chi connectivity index (χ0n) is 9.63. The lowest BCUT2D eigenvalue weighted by Gasteiger charge is -2.12. The van der Waals surface area contributed by atoms with Gasteiger partial charge in [0.25, 0.3) is 0 Å². The number of Topliss-reactive ketones (excluding diaryl/α,β-unsaturated/α-hetero) is 1. The maximum Gasteiger partial charge on any atom is 0.159 e. The minimum Gasteiger partial charge on any atom is -0.384 e. The Morgan fingerprint density at radius 1 is 1.00 bits per heavy atom. The molecule has 1 unspecified atom stereocenters. The Hall–Kier alpha value is -1.93. The Balaban J connectivity index is 2.34. The van der Waals surface area contributed by atoms with Gasteiger partial charge in [0.1, 0.15) is 6.10 Å². The summed E-state index contributed by atoms with van der Waals surface area (Å²) in [5.74, 6) is 0.00658. The molecule has 0 spiro atoms. The molecule has 2 nitrogen and oxygen atoms in total. The van der Waals surface area contributed by atoms with Crippen LogP contribution in [0.2, 0.25) is 0 Å². The lowest BCUT2D eigenvalue weighted by atomic mass is 9.99. The fourth-order valence-electron chi connectivity index (χ4n) is 1.76. The van der Waals surface area contributed by atoms with Crippen LogP contribution in [0.15, 0.2) is 54.6 Å². The van der Waals surface area contributed by atoms with Crippen LogP contribution in [0.1, 0.15) is 34.5 Å². The molecule has 0 saturated heterocycles. The van der Waals surface area contributed by atoms with Crippen LogP contribution in [0.25, 0.3) is 0 Å². The van der Waals surface area contributed by atoms with Gasteiger partial charge in [-0.25, -0.2) is 0 Å². The van der Waals surface area contributed by atoms with E-state index in [0.29, 0.717) is 5.56 Å². The number of hydrogen-bond acceptors (Lipinski definition) is 2. The molecule has 1 atom stereocenters. The Morgan fingerprint density at radius 2 is 1.65 bits per heavy atom. The molecule has 2 aromatic carbocycles. The van der Waals surface area contributed by atoms with Crippen LogP contribution >= 0.6 is 0 Å². The van der Waals surface area contributed by atoms with E-state index >= 15 is 0 Å². The number of aliphatic hydroxyl groups is 1. The third kappa shape index (κ3) is 2.60. The molecule has 0 saturated carbocycles. The molecule has 0 amide bonds. The van der Waals surface area contributed by atoms with Gasteiger partial charge in [-0.05, 0) is 24.1 Å². The van der Waals surface area contributed by atoms with Crippen molar-refractivity contribution in [2.75, 3.05) is 0 Å². The zero-order chi connectivity index (χ0) is 12.3. The first-order valence-corrected chi connectivity index (χ1v) is 5.52. The van der Waals surface area contributed by atoms with E-state index in [9.17, 15) is 9.90 Å². The SMILES string of the molecule is CC(=O)c1cccc(C(O)c2ccccc2)c1. The number of carbonyl (C=O) groups is 1. The second-order valence-electron chi connectivity index (χ2n) is 3.99. The summed E-state index contributed by atoms with van der Waals surface area (Å²) in [6.45, 7) is 1.52. The van der Waals surface area contributed by atoms with Gasteiger partial charge in [0, 0.05) is 5.56 Å². The molecule has 0 radical (unpaired) electrons. The molecular formula is C15H14O2. The van der Waals surface area contributed by atoms with Crippen molar-refractivity contribution in [1.82, 2.24) is 0 Å². The van der Waals surface area contributed by atoms with Gasteiger partial charge >= 0.3 is 0 Å². The third-order valence-corrected chi connectivity index (χ3v) is 2.72. The Kier molecular flexibility index (Phi) is 3.35. The highest BCUT2D eigenvalue weighted by molar-refractivity contribution is 5.94. The van der Waals surface area contributed by atoms with Crippen molar-refractivity contribution in [1.29, 1.82) is 0 Å². The molecule has 2 aromatic rings. The van der Waals surface area contributed by atoms with Gasteiger partial charge in [-0.2, -0.15) is 0 Å². The van der Waals surface area contributed by atoms with E-state index in [1.807, 2.05) is 36.4 Å². The molecule has 0 bridgehead atoms. The van der Waals surface area contributed by atoms with Gasteiger partial charge in [-0.15, -0.1) is 0 Å². The van der Waals surface area contributed by atoms with Crippen LogP contribution in [0.5, 0.6) is 0 Å². The summed E-state index contributed by atoms with van der Waals surface area (Å²) in [6, 6.07) is 16.5. The highest BCUT2D eigenvalue weighted by Crippen LogP contribution is 2.22. The first kappa shape index (κ1) is 11.6. The monoisotopic (exact) mass is 226 g/mol. The minimum absolute atomic E-state index is 0.00658. The molecular weight excluding hydrogens is 212 g/mol. The van der Waals surface area contributed by atoms with Crippen molar-refractivity contribution in [3.8, 4) is 0 Å². The second kappa shape index (κ2) is 4.93. The summed E-state index contributed by atoms with van der Waals surface area (Å²) >= 11 is 0. The predicted molar refractivity (Wildman–Crippen MR) is 67.0 cm³/mol. The number of carbonyl (C=O) groups excluding carboxylic acids is 1. The van der Waals surface area contributed by atoms with Gasteiger partial charge in [0.05, 0.1) is 0 Å². The number of ketones is 1. The Morgan fingerprint density at radius 3 is 2.29 bits per heavy atom. The Labute approximate surface area is 101 Å². The van der Waals surface area contributed by atoms with Crippen molar-refractivity contribution < 1.29 is 9.90 Å². The van der Waals surface area contributed by atoms with Gasteiger partial charge in [0.15, 0.2) is 5.78 Å². The molecule has 86 valence electrons. The summed E-state index contributed by atoms with van der Waals surface area (Å²) < 4.78 is 0. The van der Waals surface area contributed by atoms with E-state index in [2.05, 4.69) is 0 Å². The van der Waals surface area contributed by atoms with E-state index in [0.717, 1.165) is 11.1 Å². The highest BCUT2D eigenvalue weighted by atomic mass is 16.3. The number of benzene rings is 2. The topological polar surface area (TPSA) is 37.3 Å². The van der Waals surface area contributed by atoms with Crippen LogP contribution < -0.4 is 0 Å². The van der Waals surface area contributed by atoms with Crippen molar-refractivity contribution in [3.63, 3.8) is 0 Å². The van der Waals surface area contributed by atoms with Crippen LogP contribution in [-0.2, 0) is 0 Å². The number of aliphatic hydroxyl groups excluding tert-OH is 1. The predicted octanol–water partition coefficient (Wildman–Crippen LogP) is 2.97. The molecule has 0 aromatic heterocycles. The number of hydrogen-bond donors (Lipinski definition) is 1. The molecule has 0 fully saturated rings. The van der Waals surface area contributed by atoms with E-state index in [4.69, 9.17) is 0 Å². The lowest BCUT2D eigenvalue weighted by Crippen LogP contribution is -2.01. The zero-order valence-corrected chi connectivity index (χ0v) is 9.63. The smallest absolute Gasteiger partial charge is 0.159 e. The average molecular weight is 226 g/mol. The van der Waals surface area contributed by atoms with E-state index in [-0.39, 0.29) is 5.78 Å². The van der Waals surface area contributed by atoms with E-state index in [1.165, 1.54) is 6.92 Å².